The van der Waals surface area contributed by atoms with E-state index in [1.807, 2.05) is 18.2 Å². The van der Waals surface area contributed by atoms with Gasteiger partial charge in [-0.15, -0.1) is 5.10 Å². The van der Waals surface area contributed by atoms with Gasteiger partial charge < -0.3 is 15.7 Å². The molecule has 4 aromatic carbocycles. The fraction of sp³-hybridized carbons (Fsp3) is 0.100. The maximum Gasteiger partial charge on any atom is 0.255 e. The number of hydrogen-bond acceptors (Lipinski definition) is 9. The van der Waals surface area contributed by atoms with Crippen LogP contribution in [0.1, 0.15) is 22.8 Å². The lowest BCUT2D eigenvalue weighted by Gasteiger charge is -2.17. The van der Waals surface area contributed by atoms with Gasteiger partial charge in [-0.2, -0.15) is 4.68 Å². The Bertz CT molecular complexity index is 1950. The molecule has 5 aromatic rings. The van der Waals surface area contributed by atoms with Gasteiger partial charge in [-0.1, -0.05) is 41.9 Å². The molecule has 0 saturated heterocycles. The van der Waals surface area contributed by atoms with Crippen molar-refractivity contribution < 1.29 is 23.1 Å². The van der Waals surface area contributed by atoms with Gasteiger partial charge in [-0.05, 0) is 96.2 Å². The van der Waals surface area contributed by atoms with Gasteiger partial charge in [-0.3, -0.25) is 9.59 Å². The molecular weight excluding hydrogens is 624 g/mol. The number of rotatable bonds is 9. The van der Waals surface area contributed by atoms with E-state index in [1.54, 1.807) is 43.3 Å². The Labute approximate surface area is 262 Å². The predicted octanol–water partition coefficient (Wildman–Crippen LogP) is 5.53. The highest BCUT2D eigenvalue weighted by atomic mass is 35.5. The molecule has 44 heavy (non-hydrogen) atoms. The van der Waals surface area contributed by atoms with Crippen LogP contribution >= 0.6 is 23.4 Å². The van der Waals surface area contributed by atoms with E-state index in [-0.39, 0.29) is 22.0 Å². The molecule has 0 spiro atoms. The number of carbonyl (C=O) groups is 2. The fourth-order valence-corrected chi connectivity index (χ4v) is 6.48. The van der Waals surface area contributed by atoms with E-state index in [0.29, 0.717) is 26.3 Å². The van der Waals surface area contributed by atoms with Crippen molar-refractivity contribution in [2.24, 2.45) is 0 Å². The number of phenols is 1. The van der Waals surface area contributed by atoms with Crippen molar-refractivity contribution in [3.8, 4) is 11.4 Å². The fourth-order valence-electron chi connectivity index (χ4n) is 4.09. The zero-order chi connectivity index (χ0) is 31.4. The van der Waals surface area contributed by atoms with Gasteiger partial charge in [-0.25, -0.2) is 8.42 Å². The summed E-state index contributed by atoms with van der Waals surface area (Å²) in [5, 5.41) is 27.3. The molecule has 0 saturated carbocycles. The minimum Gasteiger partial charge on any atom is -0.506 e. The van der Waals surface area contributed by atoms with E-state index in [4.69, 9.17) is 11.6 Å². The SMILES string of the molecule is Cc1cccc(S(=O)(=O)C(C)C(=O)Nc2cc(O)c(NC(=O)c3ccc(Cl)cc3)cc2Sc2nnnn2-c2ccccc2)c1. The monoisotopic (exact) mass is 648 g/mol. The lowest BCUT2D eigenvalue weighted by Crippen LogP contribution is -2.32. The molecule has 1 aromatic heterocycles. The molecule has 0 aliphatic carbocycles. The minimum atomic E-state index is -4.04. The summed E-state index contributed by atoms with van der Waals surface area (Å²) in [7, 11) is -4.04. The highest BCUT2D eigenvalue weighted by Gasteiger charge is 2.31. The number of benzene rings is 4. The summed E-state index contributed by atoms with van der Waals surface area (Å²) in [5.74, 6) is -1.71. The van der Waals surface area contributed by atoms with Crippen molar-refractivity contribution in [1.82, 2.24) is 20.2 Å². The summed E-state index contributed by atoms with van der Waals surface area (Å²) in [6, 6.07) is 24.2. The zero-order valence-corrected chi connectivity index (χ0v) is 25.7. The largest absolute Gasteiger partial charge is 0.506 e. The van der Waals surface area contributed by atoms with Crippen LogP contribution in [-0.4, -0.2) is 50.8 Å². The first-order valence-electron chi connectivity index (χ1n) is 13.1. The molecule has 224 valence electrons. The standard InChI is InChI=1S/C30H25ClN6O5S2/c1-18-7-6-10-23(15-18)44(41,42)19(2)28(39)33-25-16-26(38)24(32-29(40)20-11-13-21(31)14-12-20)17-27(25)43-30-34-35-36-37(30)22-8-4-3-5-9-22/h3-17,19,38H,1-2H3,(H,32,40)(H,33,39). The number of sulfone groups is 1. The minimum absolute atomic E-state index is 0.0138. The molecule has 2 amide bonds. The summed E-state index contributed by atoms with van der Waals surface area (Å²) in [6.45, 7) is 3.04. The van der Waals surface area contributed by atoms with E-state index < -0.39 is 26.9 Å². The summed E-state index contributed by atoms with van der Waals surface area (Å²) in [6.07, 6.45) is 0. The Morgan fingerprint density at radius 3 is 2.36 bits per heavy atom. The zero-order valence-electron chi connectivity index (χ0n) is 23.3. The van der Waals surface area contributed by atoms with Crippen LogP contribution in [0.25, 0.3) is 5.69 Å². The number of aromatic nitrogens is 4. The summed E-state index contributed by atoms with van der Waals surface area (Å²) >= 11 is 6.97. The maximum atomic E-state index is 13.3. The second-order valence-corrected chi connectivity index (χ2v) is 13.3. The third kappa shape index (κ3) is 6.75. The second-order valence-electron chi connectivity index (χ2n) is 9.63. The Morgan fingerprint density at radius 1 is 0.932 bits per heavy atom. The molecule has 14 heteroatoms. The van der Waals surface area contributed by atoms with Gasteiger partial charge >= 0.3 is 0 Å². The van der Waals surface area contributed by atoms with Crippen LogP contribution in [0.5, 0.6) is 5.75 Å². The number of carbonyl (C=O) groups excluding carboxylic acids is 2. The van der Waals surface area contributed by atoms with Crippen molar-refractivity contribution >= 4 is 56.4 Å². The summed E-state index contributed by atoms with van der Waals surface area (Å²) in [4.78, 5) is 26.6. The van der Waals surface area contributed by atoms with E-state index in [1.165, 1.54) is 48.0 Å². The first kappa shape index (κ1) is 30.7. The second kappa shape index (κ2) is 12.9. The molecular formula is C30H25ClN6O5S2. The van der Waals surface area contributed by atoms with Gasteiger partial charge in [0.2, 0.25) is 11.1 Å². The maximum absolute atomic E-state index is 13.3. The molecule has 0 aliphatic rings. The Balaban J connectivity index is 1.50. The number of aryl methyl sites for hydroxylation is 1. The summed E-state index contributed by atoms with van der Waals surface area (Å²) < 4.78 is 28.0. The first-order chi connectivity index (χ1) is 21.0. The summed E-state index contributed by atoms with van der Waals surface area (Å²) in [5.41, 5.74) is 1.80. The van der Waals surface area contributed by atoms with Crippen LogP contribution < -0.4 is 10.6 Å². The van der Waals surface area contributed by atoms with E-state index >= 15 is 0 Å². The van der Waals surface area contributed by atoms with E-state index in [2.05, 4.69) is 26.2 Å². The number of para-hydroxylation sites is 1. The third-order valence-electron chi connectivity index (χ3n) is 6.51. The number of aromatic hydroxyl groups is 1. The molecule has 1 atom stereocenters. The number of phenolic OH excluding ortho intramolecular Hbond substituents is 1. The van der Waals surface area contributed by atoms with Crippen LogP contribution in [0.2, 0.25) is 5.02 Å². The van der Waals surface area contributed by atoms with Crippen molar-refractivity contribution in [2.75, 3.05) is 10.6 Å². The van der Waals surface area contributed by atoms with Crippen molar-refractivity contribution in [1.29, 1.82) is 0 Å². The molecule has 11 nitrogen and oxygen atoms in total. The molecule has 0 bridgehead atoms. The average molecular weight is 649 g/mol. The Morgan fingerprint density at radius 2 is 1.66 bits per heavy atom. The highest BCUT2D eigenvalue weighted by molar-refractivity contribution is 7.99. The van der Waals surface area contributed by atoms with E-state index in [9.17, 15) is 23.1 Å². The van der Waals surface area contributed by atoms with Crippen LogP contribution in [-0.2, 0) is 14.6 Å². The van der Waals surface area contributed by atoms with Crippen LogP contribution in [0, 0.1) is 6.92 Å². The molecule has 0 radical (unpaired) electrons. The van der Waals surface area contributed by atoms with Crippen molar-refractivity contribution in [2.45, 2.75) is 34.0 Å². The Kier molecular flexibility index (Phi) is 8.99. The number of amides is 2. The predicted molar refractivity (Wildman–Crippen MR) is 167 cm³/mol. The molecule has 0 aliphatic heterocycles. The molecule has 1 unspecified atom stereocenters. The molecule has 1 heterocycles. The third-order valence-corrected chi connectivity index (χ3v) is 9.81. The highest BCUT2D eigenvalue weighted by Crippen LogP contribution is 2.40. The normalized spacial score (nSPS) is 12.0. The number of hydrogen-bond donors (Lipinski definition) is 3. The van der Waals surface area contributed by atoms with Crippen LogP contribution in [0.15, 0.2) is 106 Å². The lowest BCUT2D eigenvalue weighted by atomic mass is 10.2. The van der Waals surface area contributed by atoms with Gasteiger partial charge in [0, 0.05) is 21.5 Å². The topological polar surface area (TPSA) is 156 Å². The number of nitrogens with zero attached hydrogens (tertiary/aromatic N) is 4. The van der Waals surface area contributed by atoms with Gasteiger partial charge in [0.05, 0.1) is 22.0 Å². The first-order valence-corrected chi connectivity index (χ1v) is 15.8. The van der Waals surface area contributed by atoms with Crippen LogP contribution in [0.3, 0.4) is 0 Å². The number of halogens is 1. The quantitative estimate of drug-likeness (QED) is 0.175. The van der Waals surface area contributed by atoms with E-state index in [0.717, 1.165) is 17.3 Å². The molecule has 5 rings (SSSR count). The van der Waals surface area contributed by atoms with Gasteiger partial charge in [0.25, 0.3) is 5.91 Å². The lowest BCUT2D eigenvalue weighted by molar-refractivity contribution is -0.115. The average Bonchev–Trinajstić information content (AvgIpc) is 3.47. The molecule has 3 N–H and O–H groups in total. The smallest absolute Gasteiger partial charge is 0.255 e. The number of nitrogens with one attached hydrogen (secondary N) is 2. The van der Waals surface area contributed by atoms with Crippen molar-refractivity contribution in [3.63, 3.8) is 0 Å². The van der Waals surface area contributed by atoms with Crippen LogP contribution in [0.4, 0.5) is 11.4 Å². The molecule has 0 fully saturated rings. The van der Waals surface area contributed by atoms with Crippen molar-refractivity contribution in [3.05, 3.63) is 107 Å². The van der Waals surface area contributed by atoms with Gasteiger partial charge in [0.15, 0.2) is 9.84 Å². The van der Waals surface area contributed by atoms with Gasteiger partial charge in [0.1, 0.15) is 11.0 Å². The number of anilines is 2. The Hall–Kier alpha value is -4.72. The number of tetrazole rings is 1.